The Morgan fingerprint density at radius 1 is 1.22 bits per heavy atom. The van der Waals surface area contributed by atoms with Crippen LogP contribution >= 0.6 is 11.3 Å². The minimum Gasteiger partial charge on any atom is -0.478 e. The van der Waals surface area contributed by atoms with E-state index in [0.717, 1.165) is 4.88 Å². The molecule has 0 atom stereocenters. The predicted molar refractivity (Wildman–Crippen MR) is 70.1 cm³/mol. The average molecular weight is 261 g/mol. The van der Waals surface area contributed by atoms with Gasteiger partial charge in [0.05, 0.1) is 12.0 Å². The summed E-state index contributed by atoms with van der Waals surface area (Å²) in [6.07, 6.45) is 0.301. The monoisotopic (exact) mass is 261 g/mol. The highest BCUT2D eigenvalue weighted by atomic mass is 32.1. The Balaban J connectivity index is 2.03. The zero-order valence-corrected chi connectivity index (χ0v) is 10.2. The molecule has 0 aliphatic heterocycles. The normalized spacial score (nSPS) is 10.0. The van der Waals surface area contributed by atoms with Gasteiger partial charge in [-0.05, 0) is 29.6 Å². The van der Waals surface area contributed by atoms with Crippen molar-refractivity contribution in [3.63, 3.8) is 0 Å². The zero-order valence-electron chi connectivity index (χ0n) is 9.42. The third-order valence-corrected chi connectivity index (χ3v) is 3.18. The van der Waals surface area contributed by atoms with Crippen LogP contribution in [0.4, 0.5) is 5.69 Å². The second kappa shape index (κ2) is 5.46. The fourth-order valence-corrected chi connectivity index (χ4v) is 2.21. The molecule has 0 aliphatic rings. The Labute approximate surface area is 108 Å². The fourth-order valence-electron chi connectivity index (χ4n) is 1.51. The van der Waals surface area contributed by atoms with Gasteiger partial charge in [0.25, 0.3) is 0 Å². The molecule has 0 spiro atoms. The lowest BCUT2D eigenvalue weighted by Crippen LogP contribution is -2.14. The molecule has 4 nitrogen and oxygen atoms in total. The van der Waals surface area contributed by atoms with Crippen molar-refractivity contribution < 1.29 is 14.7 Å². The summed E-state index contributed by atoms with van der Waals surface area (Å²) in [6, 6.07) is 9.96. The molecule has 0 fully saturated rings. The highest BCUT2D eigenvalue weighted by Gasteiger charge is 2.07. The first-order valence-electron chi connectivity index (χ1n) is 5.31. The zero-order chi connectivity index (χ0) is 13.0. The molecule has 92 valence electrons. The number of hydrogen-bond acceptors (Lipinski definition) is 3. The lowest BCUT2D eigenvalue weighted by atomic mass is 10.2. The van der Waals surface area contributed by atoms with Gasteiger partial charge in [0.2, 0.25) is 5.91 Å². The summed E-state index contributed by atoms with van der Waals surface area (Å²) in [4.78, 5) is 23.5. The number of carboxylic acid groups (broad SMARTS) is 1. The predicted octanol–water partition coefficient (Wildman–Crippen LogP) is 2.63. The number of carbonyl (C=O) groups is 2. The molecule has 0 saturated heterocycles. The summed E-state index contributed by atoms with van der Waals surface area (Å²) in [6.45, 7) is 0. The van der Waals surface area contributed by atoms with Crippen LogP contribution < -0.4 is 5.32 Å². The molecule has 0 radical (unpaired) electrons. The standard InChI is InChI=1S/C13H11NO3S/c15-12(8-11-5-2-6-18-11)14-10-4-1-3-9(7-10)13(16)17/h1-7H,8H2,(H,14,15)(H,16,17). The van der Waals surface area contributed by atoms with Gasteiger partial charge in [-0.25, -0.2) is 4.79 Å². The van der Waals surface area contributed by atoms with Crippen molar-refractivity contribution in [2.45, 2.75) is 6.42 Å². The van der Waals surface area contributed by atoms with Crippen LogP contribution in [0.2, 0.25) is 0 Å². The Hall–Kier alpha value is -2.14. The molecule has 0 saturated carbocycles. The van der Waals surface area contributed by atoms with E-state index in [-0.39, 0.29) is 11.5 Å². The van der Waals surface area contributed by atoms with Crippen LogP contribution in [0.1, 0.15) is 15.2 Å². The Bertz CT molecular complexity index is 563. The number of thiophene rings is 1. The molecule has 1 heterocycles. The first kappa shape index (κ1) is 12.3. The van der Waals surface area contributed by atoms with E-state index in [1.165, 1.54) is 23.5 Å². The van der Waals surface area contributed by atoms with Crippen LogP contribution in [0.3, 0.4) is 0 Å². The quantitative estimate of drug-likeness (QED) is 0.889. The van der Waals surface area contributed by atoms with Gasteiger partial charge >= 0.3 is 5.97 Å². The maximum atomic E-state index is 11.7. The van der Waals surface area contributed by atoms with E-state index >= 15 is 0 Å². The number of amides is 1. The van der Waals surface area contributed by atoms with Crippen LogP contribution in [0, 0.1) is 0 Å². The van der Waals surface area contributed by atoms with Crippen molar-refractivity contribution in [2.75, 3.05) is 5.32 Å². The molecule has 5 heteroatoms. The number of aromatic carboxylic acids is 1. The van der Waals surface area contributed by atoms with Crippen molar-refractivity contribution in [1.82, 2.24) is 0 Å². The van der Waals surface area contributed by atoms with Gasteiger partial charge in [-0.15, -0.1) is 11.3 Å². The number of nitrogens with one attached hydrogen (secondary N) is 1. The summed E-state index contributed by atoms with van der Waals surface area (Å²) < 4.78 is 0. The van der Waals surface area contributed by atoms with Crippen molar-refractivity contribution in [3.8, 4) is 0 Å². The maximum Gasteiger partial charge on any atom is 0.335 e. The van der Waals surface area contributed by atoms with Gasteiger partial charge < -0.3 is 10.4 Å². The third-order valence-electron chi connectivity index (χ3n) is 2.31. The van der Waals surface area contributed by atoms with Crippen molar-refractivity contribution in [3.05, 3.63) is 52.2 Å². The minimum atomic E-state index is -1.01. The Morgan fingerprint density at radius 2 is 2.06 bits per heavy atom. The smallest absolute Gasteiger partial charge is 0.335 e. The molecule has 1 amide bonds. The first-order chi connectivity index (χ1) is 8.65. The van der Waals surface area contributed by atoms with E-state index < -0.39 is 5.97 Å². The molecule has 1 aromatic carbocycles. The Morgan fingerprint density at radius 3 is 2.72 bits per heavy atom. The molecule has 0 bridgehead atoms. The molecule has 2 aromatic rings. The van der Waals surface area contributed by atoms with E-state index in [4.69, 9.17) is 5.11 Å². The minimum absolute atomic E-state index is 0.153. The van der Waals surface area contributed by atoms with Gasteiger partial charge in [-0.1, -0.05) is 12.1 Å². The molecule has 2 N–H and O–H groups in total. The highest BCUT2D eigenvalue weighted by molar-refractivity contribution is 7.10. The van der Waals surface area contributed by atoms with Crippen LogP contribution in [0.5, 0.6) is 0 Å². The van der Waals surface area contributed by atoms with E-state index in [1.807, 2.05) is 17.5 Å². The number of rotatable bonds is 4. The topological polar surface area (TPSA) is 66.4 Å². The number of hydrogen-bond donors (Lipinski definition) is 2. The van der Waals surface area contributed by atoms with Crippen LogP contribution in [0.25, 0.3) is 0 Å². The molecular weight excluding hydrogens is 250 g/mol. The SMILES string of the molecule is O=C(Cc1cccs1)Nc1cccc(C(=O)O)c1. The molecule has 0 unspecified atom stereocenters. The van der Waals surface area contributed by atoms with Crippen LogP contribution in [-0.4, -0.2) is 17.0 Å². The molecule has 1 aromatic heterocycles. The van der Waals surface area contributed by atoms with E-state index in [2.05, 4.69) is 5.32 Å². The summed E-state index contributed by atoms with van der Waals surface area (Å²) >= 11 is 1.51. The second-order valence-corrected chi connectivity index (χ2v) is 4.72. The number of carbonyl (C=O) groups excluding carboxylic acids is 1. The second-order valence-electron chi connectivity index (χ2n) is 3.69. The lowest BCUT2D eigenvalue weighted by molar-refractivity contribution is -0.115. The Kier molecular flexibility index (Phi) is 3.74. The van der Waals surface area contributed by atoms with Crippen LogP contribution in [-0.2, 0) is 11.2 Å². The molecule has 18 heavy (non-hydrogen) atoms. The molecule has 0 aliphatic carbocycles. The van der Waals surface area contributed by atoms with Gasteiger partial charge in [0.1, 0.15) is 0 Å². The highest BCUT2D eigenvalue weighted by Crippen LogP contribution is 2.13. The van der Waals surface area contributed by atoms with E-state index in [0.29, 0.717) is 12.1 Å². The lowest BCUT2D eigenvalue weighted by Gasteiger charge is -2.05. The van der Waals surface area contributed by atoms with E-state index in [9.17, 15) is 9.59 Å². The summed E-state index contributed by atoms with van der Waals surface area (Å²) in [7, 11) is 0. The van der Waals surface area contributed by atoms with Crippen molar-refractivity contribution >= 4 is 28.9 Å². The fraction of sp³-hybridized carbons (Fsp3) is 0.0769. The first-order valence-corrected chi connectivity index (χ1v) is 6.19. The number of anilines is 1. The summed E-state index contributed by atoms with van der Waals surface area (Å²) in [5.74, 6) is -1.16. The molecular formula is C13H11NO3S. The van der Waals surface area contributed by atoms with Crippen molar-refractivity contribution in [1.29, 1.82) is 0 Å². The summed E-state index contributed by atoms with van der Waals surface area (Å²) in [5, 5.41) is 13.4. The van der Waals surface area contributed by atoms with Crippen LogP contribution in [0.15, 0.2) is 41.8 Å². The molecule has 2 rings (SSSR count). The van der Waals surface area contributed by atoms with Gasteiger partial charge in [0, 0.05) is 10.6 Å². The average Bonchev–Trinajstić information content (AvgIpc) is 2.82. The van der Waals surface area contributed by atoms with E-state index in [1.54, 1.807) is 12.1 Å². The largest absolute Gasteiger partial charge is 0.478 e. The van der Waals surface area contributed by atoms with Gasteiger partial charge in [-0.3, -0.25) is 4.79 Å². The summed E-state index contributed by atoms with van der Waals surface area (Å²) in [5.41, 5.74) is 0.653. The third kappa shape index (κ3) is 3.18. The van der Waals surface area contributed by atoms with Crippen molar-refractivity contribution in [2.24, 2.45) is 0 Å². The number of carboxylic acids is 1. The maximum absolute atomic E-state index is 11.7. The van der Waals surface area contributed by atoms with Gasteiger partial charge in [0.15, 0.2) is 0 Å². The number of benzene rings is 1. The van der Waals surface area contributed by atoms with Gasteiger partial charge in [-0.2, -0.15) is 0 Å².